The molecule has 44 heavy (non-hydrogen) atoms. The summed E-state index contributed by atoms with van der Waals surface area (Å²) in [5.41, 5.74) is 0.606. The molecule has 0 aliphatic rings. The van der Waals surface area contributed by atoms with Crippen LogP contribution in [0.3, 0.4) is 0 Å². The third-order valence-corrected chi connectivity index (χ3v) is 7.51. The van der Waals surface area contributed by atoms with Gasteiger partial charge in [-0.2, -0.15) is 0 Å². The van der Waals surface area contributed by atoms with Crippen LogP contribution in [0, 0.1) is 29.1 Å². The topological polar surface area (TPSA) is 0 Å². The van der Waals surface area contributed by atoms with E-state index in [-0.39, 0.29) is 47.1 Å². The molecule has 7 heteroatoms. The van der Waals surface area contributed by atoms with E-state index in [0.717, 1.165) is 30.2 Å². The van der Waals surface area contributed by atoms with Crippen molar-refractivity contribution in [2.24, 2.45) is 0 Å². The summed E-state index contributed by atoms with van der Waals surface area (Å²) in [5.74, 6) is -5.93. The van der Waals surface area contributed by atoms with Crippen molar-refractivity contribution >= 4 is 5.83 Å². The van der Waals surface area contributed by atoms with Gasteiger partial charge in [-0.25, -0.2) is 30.7 Å². The monoisotopic (exact) mass is 610 g/mol. The number of halogens is 7. The molecule has 0 unspecified atom stereocenters. The molecule has 230 valence electrons. The summed E-state index contributed by atoms with van der Waals surface area (Å²) < 4.78 is 103. The lowest BCUT2D eigenvalue weighted by molar-refractivity contribution is 0.549. The zero-order valence-corrected chi connectivity index (χ0v) is 24.6. The quantitative estimate of drug-likeness (QED) is 0.111. The highest BCUT2D eigenvalue weighted by Crippen LogP contribution is 2.33. The maximum absolute atomic E-state index is 15.1. The Labute approximate surface area is 253 Å². The molecule has 0 spiro atoms. The van der Waals surface area contributed by atoms with Gasteiger partial charge < -0.3 is 0 Å². The molecule has 0 bridgehead atoms. The van der Waals surface area contributed by atoms with Crippen LogP contribution in [-0.4, -0.2) is 0 Å². The van der Waals surface area contributed by atoms with Crippen LogP contribution < -0.4 is 0 Å². The zero-order valence-electron chi connectivity index (χ0n) is 24.6. The summed E-state index contributed by atoms with van der Waals surface area (Å²) in [6, 6.07) is 14.1. The Balaban J connectivity index is 1.48. The van der Waals surface area contributed by atoms with Crippen LogP contribution in [0.25, 0.3) is 28.1 Å². The second-order valence-corrected chi connectivity index (χ2v) is 10.7. The Morgan fingerprint density at radius 3 is 1.86 bits per heavy atom. The standard InChI is InChI=1S/C37H33F7/c1-3-5-7-9-30(38)37(44)25-14-12-23(13-15-25)10-11-24-18-34(42)36(35(43)19-24)26-16-17-28(31(39)20-26)27-21-32(40)29(8-6-4-2)33(41)22-27/h3,5,12-22H,4,6-11H2,1-2H3/b5-3+,37-30+. The Kier molecular flexibility index (Phi) is 11.2. The van der Waals surface area contributed by atoms with Gasteiger partial charge in [0.05, 0.1) is 5.56 Å². The first-order chi connectivity index (χ1) is 21.1. The third-order valence-electron chi connectivity index (χ3n) is 7.51. The van der Waals surface area contributed by atoms with Gasteiger partial charge in [0.2, 0.25) is 0 Å². The van der Waals surface area contributed by atoms with E-state index < -0.39 is 46.3 Å². The van der Waals surface area contributed by atoms with Crippen molar-refractivity contribution in [3.63, 3.8) is 0 Å². The molecule has 0 heterocycles. The van der Waals surface area contributed by atoms with Gasteiger partial charge >= 0.3 is 0 Å². The second kappa shape index (κ2) is 15.0. The van der Waals surface area contributed by atoms with E-state index in [0.29, 0.717) is 24.8 Å². The van der Waals surface area contributed by atoms with Gasteiger partial charge in [-0.15, -0.1) is 0 Å². The summed E-state index contributed by atoms with van der Waals surface area (Å²) >= 11 is 0. The SMILES string of the molecule is C/C=C/CC/C(F)=C(\F)c1ccc(CCc2cc(F)c(-c3ccc(-c4cc(F)c(CCCC)c(F)c4)c(F)c3)c(F)c2)cc1. The average molecular weight is 611 g/mol. The number of hydrogen-bond donors (Lipinski definition) is 0. The largest absolute Gasteiger partial charge is 0.209 e. The van der Waals surface area contributed by atoms with Crippen LogP contribution in [0.2, 0.25) is 0 Å². The van der Waals surface area contributed by atoms with Crippen molar-refractivity contribution in [3.05, 3.63) is 136 Å². The maximum Gasteiger partial charge on any atom is 0.161 e. The predicted octanol–water partition coefficient (Wildman–Crippen LogP) is 11.8. The lowest BCUT2D eigenvalue weighted by Gasteiger charge is -2.12. The Morgan fingerprint density at radius 1 is 0.659 bits per heavy atom. The summed E-state index contributed by atoms with van der Waals surface area (Å²) in [4.78, 5) is 0. The molecule has 0 nitrogen and oxygen atoms in total. The molecule has 0 atom stereocenters. The van der Waals surface area contributed by atoms with E-state index in [1.54, 1.807) is 31.2 Å². The molecule has 0 N–H and O–H groups in total. The molecule has 0 fully saturated rings. The number of benzene rings is 4. The van der Waals surface area contributed by atoms with E-state index in [2.05, 4.69) is 0 Å². The maximum atomic E-state index is 15.1. The average Bonchev–Trinajstić information content (AvgIpc) is 2.99. The number of hydrogen-bond acceptors (Lipinski definition) is 0. The van der Waals surface area contributed by atoms with Crippen LogP contribution in [-0.2, 0) is 19.3 Å². The van der Waals surface area contributed by atoms with E-state index in [1.165, 1.54) is 36.4 Å². The number of unbranched alkanes of at least 4 members (excludes halogenated alkanes) is 1. The van der Waals surface area contributed by atoms with Gasteiger partial charge in [0.25, 0.3) is 0 Å². The van der Waals surface area contributed by atoms with E-state index in [9.17, 15) is 17.6 Å². The van der Waals surface area contributed by atoms with Crippen molar-refractivity contribution in [3.8, 4) is 22.3 Å². The minimum absolute atomic E-state index is 0.0121. The normalized spacial score (nSPS) is 12.2. The lowest BCUT2D eigenvalue weighted by atomic mass is 9.95. The van der Waals surface area contributed by atoms with Gasteiger partial charge in [-0.1, -0.05) is 61.9 Å². The first-order valence-corrected chi connectivity index (χ1v) is 14.6. The van der Waals surface area contributed by atoms with Crippen LogP contribution >= 0.6 is 0 Å². The predicted molar refractivity (Wildman–Crippen MR) is 163 cm³/mol. The highest BCUT2D eigenvalue weighted by Gasteiger charge is 2.18. The van der Waals surface area contributed by atoms with Crippen molar-refractivity contribution in [2.75, 3.05) is 0 Å². The fraction of sp³-hybridized carbons (Fsp3) is 0.243. The minimum atomic E-state index is -0.912. The van der Waals surface area contributed by atoms with Crippen LogP contribution in [0.1, 0.15) is 61.8 Å². The van der Waals surface area contributed by atoms with Gasteiger partial charge in [0.1, 0.15) is 34.9 Å². The van der Waals surface area contributed by atoms with E-state index in [4.69, 9.17) is 0 Å². The number of allylic oxidation sites excluding steroid dienone is 3. The van der Waals surface area contributed by atoms with Gasteiger partial charge in [0.15, 0.2) is 5.83 Å². The van der Waals surface area contributed by atoms with Crippen molar-refractivity contribution in [1.29, 1.82) is 0 Å². The minimum Gasteiger partial charge on any atom is -0.209 e. The van der Waals surface area contributed by atoms with Crippen LogP contribution in [0.5, 0.6) is 0 Å². The summed E-state index contributed by atoms with van der Waals surface area (Å²) in [5, 5.41) is 0. The Bertz CT molecular complexity index is 1620. The smallest absolute Gasteiger partial charge is 0.161 e. The lowest BCUT2D eigenvalue weighted by Crippen LogP contribution is -1.99. The molecule has 0 aromatic heterocycles. The molecular formula is C37H33F7. The van der Waals surface area contributed by atoms with Crippen LogP contribution in [0.4, 0.5) is 30.7 Å². The van der Waals surface area contributed by atoms with E-state index in [1.807, 2.05) is 6.92 Å². The molecule has 4 aromatic carbocycles. The Morgan fingerprint density at radius 2 is 1.27 bits per heavy atom. The summed E-state index contributed by atoms with van der Waals surface area (Å²) in [7, 11) is 0. The Hall–Kier alpha value is -4.13. The van der Waals surface area contributed by atoms with Gasteiger partial charge in [-0.3, -0.25) is 0 Å². The number of aryl methyl sites for hydroxylation is 2. The fourth-order valence-electron chi connectivity index (χ4n) is 5.05. The highest BCUT2D eigenvalue weighted by atomic mass is 19.2. The molecule has 4 rings (SSSR count). The molecule has 0 aliphatic carbocycles. The van der Waals surface area contributed by atoms with E-state index >= 15 is 13.2 Å². The second-order valence-electron chi connectivity index (χ2n) is 10.7. The van der Waals surface area contributed by atoms with Gasteiger partial charge in [-0.05, 0) is 91.6 Å². The van der Waals surface area contributed by atoms with Crippen molar-refractivity contribution in [1.82, 2.24) is 0 Å². The van der Waals surface area contributed by atoms with Gasteiger partial charge in [0, 0.05) is 23.1 Å². The molecule has 0 radical (unpaired) electrons. The molecule has 0 saturated carbocycles. The first-order valence-electron chi connectivity index (χ1n) is 14.6. The molecular weight excluding hydrogens is 577 g/mol. The van der Waals surface area contributed by atoms with Crippen molar-refractivity contribution in [2.45, 2.75) is 58.8 Å². The summed E-state index contributed by atoms with van der Waals surface area (Å²) in [6.45, 7) is 3.71. The first kappa shape index (κ1) is 32.8. The third kappa shape index (κ3) is 7.87. The number of rotatable bonds is 12. The van der Waals surface area contributed by atoms with Crippen LogP contribution in [0.15, 0.2) is 84.7 Å². The zero-order chi connectivity index (χ0) is 31.8. The fourth-order valence-corrected chi connectivity index (χ4v) is 5.05. The molecule has 0 aliphatic heterocycles. The summed E-state index contributed by atoms with van der Waals surface area (Å²) in [6.07, 6.45) is 6.15. The molecule has 4 aromatic rings. The highest BCUT2D eigenvalue weighted by molar-refractivity contribution is 5.72. The molecule has 0 saturated heterocycles. The molecule has 0 amide bonds. The van der Waals surface area contributed by atoms with Crippen molar-refractivity contribution < 1.29 is 30.7 Å².